The second-order valence-corrected chi connectivity index (χ2v) is 5.51. The first-order valence-corrected chi connectivity index (χ1v) is 6.96. The SMILES string of the molecule is CCCC(C)C(C)C1(ON(C)CC)CCC1. The van der Waals surface area contributed by atoms with Crippen LogP contribution < -0.4 is 0 Å². The molecule has 0 heterocycles. The quantitative estimate of drug-likeness (QED) is 0.612. The number of hydrogen-bond acceptors (Lipinski definition) is 2. The minimum absolute atomic E-state index is 0.152. The van der Waals surface area contributed by atoms with Crippen molar-refractivity contribution in [3.05, 3.63) is 0 Å². The lowest BCUT2D eigenvalue weighted by molar-refractivity contribution is -0.282. The summed E-state index contributed by atoms with van der Waals surface area (Å²) in [6.07, 6.45) is 6.42. The molecule has 1 rings (SSSR count). The Morgan fingerprint density at radius 2 is 1.88 bits per heavy atom. The first kappa shape index (κ1) is 14.0. The van der Waals surface area contributed by atoms with E-state index >= 15 is 0 Å². The fourth-order valence-corrected chi connectivity index (χ4v) is 2.75. The number of hydroxylamine groups is 2. The largest absolute Gasteiger partial charge is 0.292 e. The molecule has 16 heavy (non-hydrogen) atoms. The van der Waals surface area contributed by atoms with Crippen molar-refractivity contribution in [2.75, 3.05) is 13.6 Å². The predicted molar refractivity (Wildman–Crippen MR) is 69.2 cm³/mol. The first-order valence-electron chi connectivity index (χ1n) is 6.96. The smallest absolute Gasteiger partial charge is 0.0927 e. The third kappa shape index (κ3) is 2.98. The standard InChI is InChI=1S/C14H29NO/c1-6-9-12(3)13(4)14(10-8-11-14)16-15(5)7-2/h12-13H,6-11H2,1-5H3. The molecule has 1 aliphatic rings. The van der Waals surface area contributed by atoms with Crippen LogP contribution in [0.3, 0.4) is 0 Å². The van der Waals surface area contributed by atoms with E-state index in [9.17, 15) is 0 Å². The van der Waals surface area contributed by atoms with Gasteiger partial charge < -0.3 is 0 Å². The van der Waals surface area contributed by atoms with Crippen LogP contribution in [0.1, 0.15) is 59.8 Å². The Morgan fingerprint density at radius 3 is 2.25 bits per heavy atom. The van der Waals surface area contributed by atoms with Crippen molar-refractivity contribution in [1.82, 2.24) is 5.06 Å². The van der Waals surface area contributed by atoms with Crippen LogP contribution in [0.25, 0.3) is 0 Å². The zero-order chi connectivity index (χ0) is 12.2. The molecule has 96 valence electrons. The molecule has 0 bridgehead atoms. The van der Waals surface area contributed by atoms with Crippen LogP contribution in [-0.4, -0.2) is 24.3 Å². The van der Waals surface area contributed by atoms with Gasteiger partial charge in [0.15, 0.2) is 0 Å². The minimum atomic E-state index is 0.152. The van der Waals surface area contributed by atoms with Crippen LogP contribution in [-0.2, 0) is 4.84 Å². The molecule has 0 aliphatic heterocycles. The highest BCUT2D eigenvalue weighted by Crippen LogP contribution is 2.45. The summed E-state index contributed by atoms with van der Waals surface area (Å²) < 4.78 is 0. The van der Waals surface area contributed by atoms with Gasteiger partial charge in [-0.15, -0.1) is 0 Å². The number of hydrogen-bond donors (Lipinski definition) is 0. The molecule has 1 fully saturated rings. The molecule has 0 aromatic rings. The molecule has 2 unspecified atom stereocenters. The van der Waals surface area contributed by atoms with E-state index in [2.05, 4.69) is 34.7 Å². The van der Waals surface area contributed by atoms with E-state index in [1.165, 1.54) is 32.1 Å². The Hall–Kier alpha value is -0.0800. The summed E-state index contributed by atoms with van der Waals surface area (Å²) in [5.74, 6) is 1.45. The molecule has 2 heteroatoms. The van der Waals surface area contributed by atoms with Crippen molar-refractivity contribution in [2.45, 2.75) is 65.4 Å². The summed E-state index contributed by atoms with van der Waals surface area (Å²) in [6.45, 7) is 10.1. The van der Waals surface area contributed by atoms with Gasteiger partial charge in [0, 0.05) is 13.6 Å². The molecule has 0 N–H and O–H groups in total. The fourth-order valence-electron chi connectivity index (χ4n) is 2.75. The molecule has 0 spiro atoms. The third-order valence-electron chi connectivity index (χ3n) is 4.41. The number of nitrogens with zero attached hydrogens (tertiary/aromatic N) is 1. The zero-order valence-electron chi connectivity index (χ0n) is 11.8. The van der Waals surface area contributed by atoms with Crippen LogP contribution in [0.5, 0.6) is 0 Å². The van der Waals surface area contributed by atoms with Gasteiger partial charge in [-0.1, -0.05) is 40.5 Å². The monoisotopic (exact) mass is 227 g/mol. The van der Waals surface area contributed by atoms with Gasteiger partial charge in [-0.05, 0) is 31.1 Å². The highest BCUT2D eigenvalue weighted by molar-refractivity contribution is 4.95. The van der Waals surface area contributed by atoms with Crippen molar-refractivity contribution in [1.29, 1.82) is 0 Å². The fraction of sp³-hybridized carbons (Fsp3) is 1.00. The van der Waals surface area contributed by atoms with Gasteiger partial charge in [-0.3, -0.25) is 4.84 Å². The molecule has 0 aromatic carbocycles. The second-order valence-electron chi connectivity index (χ2n) is 5.51. The summed E-state index contributed by atoms with van der Waals surface area (Å²) in [5.41, 5.74) is 0.152. The molecular weight excluding hydrogens is 198 g/mol. The molecule has 1 saturated carbocycles. The Morgan fingerprint density at radius 1 is 1.25 bits per heavy atom. The predicted octanol–water partition coefficient (Wildman–Crippen LogP) is 3.86. The van der Waals surface area contributed by atoms with Gasteiger partial charge >= 0.3 is 0 Å². The van der Waals surface area contributed by atoms with Crippen molar-refractivity contribution < 1.29 is 4.84 Å². The molecule has 1 aliphatic carbocycles. The Balaban J connectivity index is 2.57. The van der Waals surface area contributed by atoms with Crippen LogP contribution in [0.15, 0.2) is 0 Å². The normalized spacial score (nSPS) is 22.9. The van der Waals surface area contributed by atoms with E-state index in [4.69, 9.17) is 4.84 Å². The third-order valence-corrected chi connectivity index (χ3v) is 4.41. The Labute approximate surface area is 101 Å². The maximum absolute atomic E-state index is 6.19. The molecule has 0 saturated heterocycles. The highest BCUT2D eigenvalue weighted by atomic mass is 16.7. The van der Waals surface area contributed by atoms with Crippen LogP contribution in [0.4, 0.5) is 0 Å². The topological polar surface area (TPSA) is 12.5 Å². The summed E-state index contributed by atoms with van der Waals surface area (Å²) in [4.78, 5) is 6.19. The highest BCUT2D eigenvalue weighted by Gasteiger charge is 2.46. The van der Waals surface area contributed by atoms with Crippen molar-refractivity contribution in [3.8, 4) is 0 Å². The lowest BCUT2D eigenvalue weighted by Crippen LogP contribution is -2.51. The van der Waals surface area contributed by atoms with Gasteiger partial charge in [0.1, 0.15) is 0 Å². The zero-order valence-corrected chi connectivity index (χ0v) is 11.8. The molecule has 0 amide bonds. The first-order chi connectivity index (χ1) is 7.55. The van der Waals surface area contributed by atoms with E-state index in [0.29, 0.717) is 5.92 Å². The average Bonchev–Trinajstić information content (AvgIpc) is 2.22. The van der Waals surface area contributed by atoms with Gasteiger partial charge in [-0.25, -0.2) is 0 Å². The van der Waals surface area contributed by atoms with E-state index in [1.54, 1.807) is 0 Å². The second kappa shape index (κ2) is 6.02. The van der Waals surface area contributed by atoms with Gasteiger partial charge in [0.05, 0.1) is 5.60 Å². The summed E-state index contributed by atoms with van der Waals surface area (Å²) in [7, 11) is 2.05. The van der Waals surface area contributed by atoms with E-state index < -0.39 is 0 Å². The number of rotatable bonds is 7. The van der Waals surface area contributed by atoms with Crippen molar-refractivity contribution in [3.63, 3.8) is 0 Å². The summed E-state index contributed by atoms with van der Waals surface area (Å²) in [5, 5.41) is 2.01. The van der Waals surface area contributed by atoms with E-state index in [-0.39, 0.29) is 5.60 Å². The lowest BCUT2D eigenvalue weighted by atomic mass is 9.67. The van der Waals surface area contributed by atoms with Crippen LogP contribution >= 0.6 is 0 Å². The Kier molecular flexibility index (Phi) is 5.26. The molecule has 0 aromatic heterocycles. The maximum Gasteiger partial charge on any atom is 0.0927 e. The van der Waals surface area contributed by atoms with Crippen LogP contribution in [0, 0.1) is 11.8 Å². The van der Waals surface area contributed by atoms with Crippen molar-refractivity contribution >= 4 is 0 Å². The van der Waals surface area contributed by atoms with Gasteiger partial charge in [-0.2, -0.15) is 5.06 Å². The van der Waals surface area contributed by atoms with Gasteiger partial charge in [0.2, 0.25) is 0 Å². The lowest BCUT2D eigenvalue weighted by Gasteiger charge is -2.49. The summed E-state index contributed by atoms with van der Waals surface area (Å²) >= 11 is 0. The molecule has 0 radical (unpaired) electrons. The van der Waals surface area contributed by atoms with E-state index in [1.807, 2.05) is 5.06 Å². The molecule has 2 atom stereocenters. The average molecular weight is 227 g/mol. The molecule has 2 nitrogen and oxygen atoms in total. The molecular formula is C14H29NO. The van der Waals surface area contributed by atoms with E-state index in [0.717, 1.165) is 12.5 Å². The van der Waals surface area contributed by atoms with Crippen LogP contribution in [0.2, 0.25) is 0 Å². The summed E-state index contributed by atoms with van der Waals surface area (Å²) in [6, 6.07) is 0. The van der Waals surface area contributed by atoms with Crippen molar-refractivity contribution in [2.24, 2.45) is 11.8 Å². The minimum Gasteiger partial charge on any atom is -0.292 e. The maximum atomic E-state index is 6.19. The Bertz CT molecular complexity index is 201. The van der Waals surface area contributed by atoms with Gasteiger partial charge in [0.25, 0.3) is 0 Å².